The van der Waals surface area contributed by atoms with E-state index in [1.54, 1.807) is 7.11 Å². The number of benzene rings is 2. The zero-order valence-electron chi connectivity index (χ0n) is 14.7. The van der Waals surface area contributed by atoms with Crippen molar-refractivity contribution < 1.29 is 14.6 Å². The molecule has 0 amide bonds. The molecule has 1 N–H and O–H groups in total. The molecule has 0 aliphatic rings. The second-order valence-electron chi connectivity index (χ2n) is 6.10. The number of aromatic nitrogens is 1. The van der Waals surface area contributed by atoms with E-state index in [0.29, 0.717) is 11.4 Å². The summed E-state index contributed by atoms with van der Waals surface area (Å²) in [5, 5.41) is 9.74. The van der Waals surface area contributed by atoms with Crippen molar-refractivity contribution in [1.29, 1.82) is 0 Å². The van der Waals surface area contributed by atoms with E-state index < -0.39 is 5.97 Å². The molecule has 0 saturated heterocycles. The normalized spacial score (nSPS) is 10.7. The highest BCUT2D eigenvalue weighted by Crippen LogP contribution is 2.30. The van der Waals surface area contributed by atoms with Crippen LogP contribution in [0.1, 0.15) is 17.7 Å². The SMILES string of the molecule is COc1ccc(-c2ccc(CCC(=O)O)n2-c2ccc(C)c(Cl)c2)cc1. The third kappa shape index (κ3) is 3.75. The minimum absolute atomic E-state index is 0.0751. The highest BCUT2D eigenvalue weighted by Gasteiger charge is 2.14. The summed E-state index contributed by atoms with van der Waals surface area (Å²) < 4.78 is 7.29. The molecule has 0 atom stereocenters. The highest BCUT2D eigenvalue weighted by atomic mass is 35.5. The van der Waals surface area contributed by atoms with Crippen molar-refractivity contribution in [3.63, 3.8) is 0 Å². The first kappa shape index (κ1) is 18.1. The first-order valence-corrected chi connectivity index (χ1v) is 8.71. The minimum atomic E-state index is -0.814. The van der Waals surface area contributed by atoms with Crippen LogP contribution in [-0.2, 0) is 11.2 Å². The average Bonchev–Trinajstić information content (AvgIpc) is 3.06. The van der Waals surface area contributed by atoms with Gasteiger partial charge in [0, 0.05) is 16.4 Å². The van der Waals surface area contributed by atoms with E-state index in [1.165, 1.54) is 0 Å². The van der Waals surface area contributed by atoms with Gasteiger partial charge in [-0.1, -0.05) is 17.7 Å². The Bertz CT molecular complexity index is 929. The zero-order valence-corrected chi connectivity index (χ0v) is 15.5. The summed E-state index contributed by atoms with van der Waals surface area (Å²) in [4.78, 5) is 11.0. The van der Waals surface area contributed by atoms with E-state index >= 15 is 0 Å². The van der Waals surface area contributed by atoms with Crippen LogP contribution in [0.25, 0.3) is 16.9 Å². The second kappa shape index (κ2) is 7.67. The van der Waals surface area contributed by atoms with Gasteiger partial charge in [0.2, 0.25) is 0 Å². The van der Waals surface area contributed by atoms with Gasteiger partial charge in [-0.3, -0.25) is 4.79 Å². The Morgan fingerprint density at radius 1 is 1.12 bits per heavy atom. The predicted molar refractivity (Wildman–Crippen MR) is 103 cm³/mol. The molecule has 3 rings (SSSR count). The summed E-state index contributed by atoms with van der Waals surface area (Å²) in [5.41, 5.74) is 4.84. The van der Waals surface area contributed by atoms with Gasteiger partial charge >= 0.3 is 5.97 Å². The van der Waals surface area contributed by atoms with Crippen LogP contribution < -0.4 is 4.74 Å². The fourth-order valence-electron chi connectivity index (χ4n) is 2.92. The molecule has 4 nitrogen and oxygen atoms in total. The molecule has 2 aromatic carbocycles. The van der Waals surface area contributed by atoms with Crippen LogP contribution in [0.2, 0.25) is 5.02 Å². The van der Waals surface area contributed by atoms with Gasteiger partial charge in [0.05, 0.1) is 19.2 Å². The number of aliphatic carboxylic acids is 1. The van der Waals surface area contributed by atoms with Crippen LogP contribution in [0, 0.1) is 6.92 Å². The lowest BCUT2D eigenvalue weighted by Gasteiger charge is -2.15. The Hall–Kier alpha value is -2.72. The molecule has 0 spiro atoms. The monoisotopic (exact) mass is 369 g/mol. The van der Waals surface area contributed by atoms with E-state index in [9.17, 15) is 4.79 Å². The summed E-state index contributed by atoms with van der Waals surface area (Å²) in [6.07, 6.45) is 0.517. The van der Waals surface area contributed by atoms with E-state index in [1.807, 2.05) is 61.5 Å². The lowest BCUT2D eigenvalue weighted by atomic mass is 10.1. The Labute approximate surface area is 157 Å². The highest BCUT2D eigenvalue weighted by molar-refractivity contribution is 6.31. The molecule has 0 bridgehead atoms. The maximum atomic E-state index is 11.0. The molecular weight excluding hydrogens is 350 g/mol. The van der Waals surface area contributed by atoms with Crippen LogP contribution in [0.3, 0.4) is 0 Å². The van der Waals surface area contributed by atoms with Crippen molar-refractivity contribution in [1.82, 2.24) is 4.57 Å². The number of carboxylic acids is 1. The van der Waals surface area contributed by atoms with Crippen molar-refractivity contribution in [2.45, 2.75) is 19.8 Å². The van der Waals surface area contributed by atoms with Crippen LogP contribution in [-0.4, -0.2) is 22.8 Å². The van der Waals surface area contributed by atoms with Crippen molar-refractivity contribution in [2.24, 2.45) is 0 Å². The Morgan fingerprint density at radius 3 is 2.46 bits per heavy atom. The molecule has 134 valence electrons. The smallest absolute Gasteiger partial charge is 0.303 e. The molecule has 5 heteroatoms. The number of halogens is 1. The molecule has 0 aliphatic carbocycles. The first-order valence-electron chi connectivity index (χ1n) is 8.33. The largest absolute Gasteiger partial charge is 0.497 e. The maximum Gasteiger partial charge on any atom is 0.303 e. The second-order valence-corrected chi connectivity index (χ2v) is 6.51. The number of hydrogen-bond donors (Lipinski definition) is 1. The molecule has 0 saturated carbocycles. The number of methoxy groups -OCH3 is 1. The fraction of sp³-hybridized carbons (Fsp3) is 0.190. The van der Waals surface area contributed by atoms with E-state index in [-0.39, 0.29) is 6.42 Å². The number of nitrogens with zero attached hydrogens (tertiary/aromatic N) is 1. The molecule has 26 heavy (non-hydrogen) atoms. The number of aryl methyl sites for hydroxylation is 2. The zero-order chi connectivity index (χ0) is 18.7. The maximum absolute atomic E-state index is 11.0. The summed E-state index contributed by atoms with van der Waals surface area (Å²) in [7, 11) is 1.63. The Balaban J connectivity index is 2.11. The van der Waals surface area contributed by atoms with Crippen molar-refractivity contribution in [3.05, 3.63) is 70.9 Å². The third-order valence-electron chi connectivity index (χ3n) is 4.36. The van der Waals surface area contributed by atoms with Gasteiger partial charge in [-0.05, 0) is 73.0 Å². The number of carboxylic acid groups (broad SMARTS) is 1. The standard InChI is InChI=1S/C21H20ClNO3/c1-14-3-6-17(13-19(14)22)23-16(8-12-21(24)25)7-11-20(23)15-4-9-18(26-2)10-5-15/h3-7,9-11,13H,8,12H2,1-2H3,(H,24,25). The summed E-state index contributed by atoms with van der Waals surface area (Å²) in [6, 6.07) is 17.6. The van der Waals surface area contributed by atoms with Gasteiger partial charge in [0.1, 0.15) is 5.75 Å². The Morgan fingerprint density at radius 2 is 1.85 bits per heavy atom. The lowest BCUT2D eigenvalue weighted by molar-refractivity contribution is -0.136. The van der Waals surface area contributed by atoms with E-state index in [2.05, 4.69) is 4.57 Å². The van der Waals surface area contributed by atoms with Crippen molar-refractivity contribution >= 4 is 17.6 Å². The molecule has 1 aromatic heterocycles. The van der Waals surface area contributed by atoms with Crippen LogP contribution in [0.5, 0.6) is 5.75 Å². The molecule has 0 radical (unpaired) electrons. The van der Waals surface area contributed by atoms with Crippen LogP contribution in [0.15, 0.2) is 54.6 Å². The van der Waals surface area contributed by atoms with Gasteiger partial charge in [-0.15, -0.1) is 0 Å². The summed E-state index contributed by atoms with van der Waals surface area (Å²) in [6.45, 7) is 1.96. The topological polar surface area (TPSA) is 51.5 Å². The van der Waals surface area contributed by atoms with Crippen molar-refractivity contribution in [3.8, 4) is 22.7 Å². The summed E-state index contributed by atoms with van der Waals surface area (Å²) >= 11 is 6.32. The molecule has 3 aromatic rings. The van der Waals surface area contributed by atoms with Gasteiger partial charge in [0.25, 0.3) is 0 Å². The van der Waals surface area contributed by atoms with Gasteiger partial charge in [0.15, 0.2) is 0 Å². The molecule has 0 aliphatic heterocycles. The van der Waals surface area contributed by atoms with Crippen molar-refractivity contribution in [2.75, 3.05) is 7.11 Å². The average molecular weight is 370 g/mol. The first-order chi connectivity index (χ1) is 12.5. The number of carbonyl (C=O) groups is 1. The quantitative estimate of drug-likeness (QED) is 0.655. The minimum Gasteiger partial charge on any atom is -0.497 e. The van der Waals surface area contributed by atoms with Crippen LogP contribution >= 0.6 is 11.6 Å². The van der Waals surface area contributed by atoms with Gasteiger partial charge in [-0.2, -0.15) is 0 Å². The van der Waals surface area contributed by atoms with Gasteiger partial charge in [-0.25, -0.2) is 0 Å². The van der Waals surface area contributed by atoms with E-state index in [0.717, 1.165) is 34.0 Å². The van der Waals surface area contributed by atoms with E-state index in [4.69, 9.17) is 21.4 Å². The van der Waals surface area contributed by atoms with Gasteiger partial charge < -0.3 is 14.4 Å². The lowest BCUT2D eigenvalue weighted by Crippen LogP contribution is -2.05. The third-order valence-corrected chi connectivity index (χ3v) is 4.76. The molecular formula is C21H20ClNO3. The number of ether oxygens (including phenoxy) is 1. The Kier molecular flexibility index (Phi) is 5.33. The number of rotatable bonds is 6. The number of hydrogen-bond acceptors (Lipinski definition) is 2. The molecule has 0 unspecified atom stereocenters. The molecule has 0 fully saturated rings. The molecule has 1 heterocycles. The fourth-order valence-corrected chi connectivity index (χ4v) is 3.10. The summed E-state index contributed by atoms with van der Waals surface area (Å²) in [5.74, 6) is -0.0259. The predicted octanol–water partition coefficient (Wildman–Crippen LogP) is 5.13. The van der Waals surface area contributed by atoms with Crippen LogP contribution in [0.4, 0.5) is 0 Å².